The fraction of sp³-hybridized carbons (Fsp3) is 0.615. The van der Waals surface area contributed by atoms with Crippen molar-refractivity contribution in [1.29, 1.82) is 0 Å². The van der Waals surface area contributed by atoms with Crippen LogP contribution in [0.4, 0.5) is 0 Å². The van der Waals surface area contributed by atoms with Crippen molar-refractivity contribution in [3.8, 4) is 0 Å². The molecule has 0 fully saturated rings. The van der Waals surface area contributed by atoms with Crippen LogP contribution in [0.15, 0.2) is 11.4 Å². The molecule has 18 heavy (non-hydrogen) atoms. The first kappa shape index (κ1) is 15.5. The number of aliphatic hydroxyl groups excluding tert-OH is 1. The first-order chi connectivity index (χ1) is 8.49. The third-order valence-electron chi connectivity index (χ3n) is 3.57. The minimum absolute atomic E-state index is 0.0743. The van der Waals surface area contributed by atoms with Crippen LogP contribution in [0, 0.1) is 5.41 Å². The minimum Gasteiger partial charge on any atom is -0.396 e. The van der Waals surface area contributed by atoms with Gasteiger partial charge in [-0.2, -0.15) is 0 Å². The SMILES string of the molecule is CCC(CC)(CO)CN(C)C(=O)c1sccc1Cl. The first-order valence-electron chi connectivity index (χ1n) is 6.09. The van der Waals surface area contributed by atoms with E-state index in [1.807, 2.05) is 19.2 Å². The number of hydrogen-bond acceptors (Lipinski definition) is 3. The van der Waals surface area contributed by atoms with Crippen molar-refractivity contribution in [3.05, 3.63) is 21.3 Å². The van der Waals surface area contributed by atoms with Gasteiger partial charge in [0.1, 0.15) is 4.88 Å². The quantitative estimate of drug-likeness (QED) is 0.873. The van der Waals surface area contributed by atoms with Gasteiger partial charge in [-0.25, -0.2) is 0 Å². The van der Waals surface area contributed by atoms with Crippen LogP contribution in [0.1, 0.15) is 36.4 Å². The number of amides is 1. The zero-order valence-electron chi connectivity index (χ0n) is 11.1. The fourth-order valence-electron chi connectivity index (χ4n) is 1.94. The largest absolute Gasteiger partial charge is 0.396 e. The van der Waals surface area contributed by atoms with Crippen LogP contribution < -0.4 is 0 Å². The average Bonchev–Trinajstić information content (AvgIpc) is 2.81. The maximum atomic E-state index is 12.2. The lowest BCUT2D eigenvalue weighted by Crippen LogP contribution is -2.40. The number of thiophene rings is 1. The Labute approximate surface area is 117 Å². The molecule has 0 aromatic carbocycles. The monoisotopic (exact) mass is 289 g/mol. The topological polar surface area (TPSA) is 40.5 Å². The van der Waals surface area contributed by atoms with Crippen molar-refractivity contribution in [2.45, 2.75) is 26.7 Å². The van der Waals surface area contributed by atoms with E-state index in [1.165, 1.54) is 11.3 Å². The summed E-state index contributed by atoms with van der Waals surface area (Å²) in [4.78, 5) is 14.4. The number of carbonyl (C=O) groups is 1. The van der Waals surface area contributed by atoms with Crippen LogP contribution in [0.5, 0.6) is 0 Å². The third-order valence-corrected chi connectivity index (χ3v) is 4.90. The van der Waals surface area contributed by atoms with Crippen molar-refractivity contribution in [2.24, 2.45) is 5.41 Å². The molecule has 1 N–H and O–H groups in total. The maximum absolute atomic E-state index is 12.2. The lowest BCUT2D eigenvalue weighted by Gasteiger charge is -2.33. The standard InChI is InChI=1S/C13H20ClNO2S/c1-4-13(5-2,9-16)8-15(3)12(17)11-10(14)6-7-18-11/h6-7,16H,4-5,8-9H2,1-3H3. The van der Waals surface area contributed by atoms with E-state index >= 15 is 0 Å². The second kappa shape index (κ2) is 6.55. The summed E-state index contributed by atoms with van der Waals surface area (Å²) >= 11 is 7.31. The van der Waals surface area contributed by atoms with Gasteiger partial charge < -0.3 is 10.0 Å². The molecule has 1 rings (SSSR count). The van der Waals surface area contributed by atoms with E-state index < -0.39 is 0 Å². The van der Waals surface area contributed by atoms with Crippen LogP contribution in [0.2, 0.25) is 5.02 Å². The van der Waals surface area contributed by atoms with Crippen molar-refractivity contribution >= 4 is 28.8 Å². The van der Waals surface area contributed by atoms with E-state index in [1.54, 1.807) is 18.0 Å². The van der Waals surface area contributed by atoms with Gasteiger partial charge in [0.15, 0.2) is 0 Å². The highest BCUT2D eigenvalue weighted by atomic mass is 35.5. The number of halogens is 1. The van der Waals surface area contributed by atoms with E-state index in [-0.39, 0.29) is 17.9 Å². The van der Waals surface area contributed by atoms with E-state index in [0.29, 0.717) is 16.4 Å². The summed E-state index contributed by atoms with van der Waals surface area (Å²) in [6.07, 6.45) is 1.69. The molecule has 0 radical (unpaired) electrons. The van der Waals surface area contributed by atoms with Crippen LogP contribution >= 0.6 is 22.9 Å². The second-order valence-electron chi connectivity index (χ2n) is 4.62. The van der Waals surface area contributed by atoms with Gasteiger partial charge in [-0.1, -0.05) is 25.4 Å². The molecule has 0 spiro atoms. The van der Waals surface area contributed by atoms with Gasteiger partial charge in [-0.05, 0) is 24.3 Å². The molecule has 1 aromatic heterocycles. The summed E-state index contributed by atoms with van der Waals surface area (Å²) in [7, 11) is 1.76. The highest BCUT2D eigenvalue weighted by molar-refractivity contribution is 7.12. The van der Waals surface area contributed by atoms with E-state index in [9.17, 15) is 9.90 Å². The Morgan fingerprint density at radius 2 is 2.11 bits per heavy atom. The average molecular weight is 290 g/mol. The van der Waals surface area contributed by atoms with Crippen LogP contribution in [-0.2, 0) is 0 Å². The van der Waals surface area contributed by atoms with Gasteiger partial charge in [0.25, 0.3) is 5.91 Å². The second-order valence-corrected chi connectivity index (χ2v) is 5.95. The van der Waals surface area contributed by atoms with E-state index in [2.05, 4.69) is 0 Å². The summed E-state index contributed by atoms with van der Waals surface area (Å²) in [5.74, 6) is -0.0743. The smallest absolute Gasteiger partial charge is 0.265 e. The molecular formula is C13H20ClNO2S. The number of rotatable bonds is 6. The maximum Gasteiger partial charge on any atom is 0.265 e. The molecule has 0 unspecified atom stereocenters. The molecule has 1 amide bonds. The summed E-state index contributed by atoms with van der Waals surface area (Å²) in [6.45, 7) is 4.71. The molecule has 0 aliphatic carbocycles. The van der Waals surface area contributed by atoms with Crippen molar-refractivity contribution in [1.82, 2.24) is 4.90 Å². The highest BCUT2D eigenvalue weighted by Crippen LogP contribution is 2.29. The molecule has 1 heterocycles. The third kappa shape index (κ3) is 3.25. The first-order valence-corrected chi connectivity index (χ1v) is 7.34. The molecule has 0 saturated heterocycles. The lowest BCUT2D eigenvalue weighted by atomic mass is 9.83. The molecule has 102 valence electrons. The molecule has 5 heteroatoms. The molecule has 0 saturated carbocycles. The number of aliphatic hydroxyl groups is 1. The van der Waals surface area contributed by atoms with Gasteiger partial charge >= 0.3 is 0 Å². The predicted molar refractivity (Wildman–Crippen MR) is 76.4 cm³/mol. The Bertz CT molecular complexity index is 393. The van der Waals surface area contributed by atoms with Gasteiger partial charge in [0, 0.05) is 19.0 Å². The normalized spacial score (nSPS) is 11.6. The summed E-state index contributed by atoms with van der Waals surface area (Å²) in [5, 5.41) is 11.8. The summed E-state index contributed by atoms with van der Waals surface area (Å²) < 4.78 is 0. The van der Waals surface area contributed by atoms with Crippen molar-refractivity contribution in [2.75, 3.05) is 20.2 Å². The van der Waals surface area contributed by atoms with E-state index in [4.69, 9.17) is 11.6 Å². The predicted octanol–water partition coefficient (Wildman–Crippen LogP) is 3.27. The number of hydrogen-bond donors (Lipinski definition) is 1. The fourth-order valence-corrected chi connectivity index (χ4v) is 3.07. The molecule has 3 nitrogen and oxygen atoms in total. The van der Waals surface area contributed by atoms with Crippen LogP contribution in [-0.4, -0.2) is 36.1 Å². The van der Waals surface area contributed by atoms with Gasteiger partial charge in [-0.3, -0.25) is 4.79 Å². The lowest BCUT2D eigenvalue weighted by molar-refractivity contribution is 0.0549. The van der Waals surface area contributed by atoms with Crippen LogP contribution in [0.25, 0.3) is 0 Å². The summed E-state index contributed by atoms with van der Waals surface area (Å²) in [5.41, 5.74) is -0.214. The van der Waals surface area contributed by atoms with Gasteiger partial charge in [0.05, 0.1) is 11.6 Å². The van der Waals surface area contributed by atoms with Gasteiger partial charge in [-0.15, -0.1) is 11.3 Å². The highest BCUT2D eigenvalue weighted by Gasteiger charge is 2.29. The molecule has 0 aliphatic heterocycles. The molecule has 1 aromatic rings. The van der Waals surface area contributed by atoms with Crippen LogP contribution in [0.3, 0.4) is 0 Å². The molecule has 0 atom stereocenters. The molecule has 0 aliphatic rings. The summed E-state index contributed by atoms with van der Waals surface area (Å²) in [6, 6.07) is 1.73. The number of nitrogens with zero attached hydrogens (tertiary/aromatic N) is 1. The Morgan fingerprint density at radius 3 is 2.50 bits per heavy atom. The zero-order valence-corrected chi connectivity index (χ0v) is 12.6. The molecular weight excluding hydrogens is 270 g/mol. The van der Waals surface area contributed by atoms with Crippen molar-refractivity contribution < 1.29 is 9.90 Å². The van der Waals surface area contributed by atoms with Gasteiger partial charge in [0.2, 0.25) is 0 Å². The minimum atomic E-state index is -0.214. The number of carbonyl (C=O) groups excluding carboxylic acids is 1. The Kier molecular flexibility index (Phi) is 5.63. The Hall–Kier alpha value is -0.580. The Morgan fingerprint density at radius 1 is 1.50 bits per heavy atom. The molecule has 0 bridgehead atoms. The van der Waals surface area contributed by atoms with E-state index in [0.717, 1.165) is 12.8 Å². The zero-order chi connectivity index (χ0) is 13.8. The van der Waals surface area contributed by atoms with Crippen molar-refractivity contribution in [3.63, 3.8) is 0 Å². The Balaban J connectivity index is 2.79.